The minimum absolute atomic E-state index is 0.0239. The first-order valence-corrected chi connectivity index (χ1v) is 6.72. The third kappa shape index (κ3) is 5.63. The molecule has 106 valence electrons. The molecule has 0 aromatic heterocycles. The molecule has 1 atom stereocenters. The number of carboxylic acids is 1. The lowest BCUT2D eigenvalue weighted by atomic mass is 10.2. The predicted octanol–water partition coefficient (Wildman–Crippen LogP) is 2.59. The van der Waals surface area contributed by atoms with Gasteiger partial charge in [-0.1, -0.05) is 11.6 Å². The Labute approximate surface area is 117 Å². The number of rotatable bonds is 7. The molecule has 0 aliphatic rings. The van der Waals surface area contributed by atoms with E-state index in [0.29, 0.717) is 10.6 Å². The van der Waals surface area contributed by atoms with Crippen LogP contribution in [0.1, 0.15) is 5.56 Å². The summed E-state index contributed by atoms with van der Waals surface area (Å²) in [5.74, 6) is -0.641. The van der Waals surface area contributed by atoms with Crippen molar-refractivity contribution >= 4 is 29.3 Å². The van der Waals surface area contributed by atoms with Gasteiger partial charge >= 0.3 is 12.6 Å². The number of nitrogens with two attached hydrogens (primary N) is 1. The van der Waals surface area contributed by atoms with Gasteiger partial charge in [-0.2, -0.15) is 20.5 Å². The smallest absolute Gasteiger partial charge is 0.387 e. The van der Waals surface area contributed by atoms with Gasteiger partial charge < -0.3 is 15.6 Å². The zero-order valence-electron chi connectivity index (χ0n) is 9.68. The van der Waals surface area contributed by atoms with E-state index in [1.54, 1.807) is 0 Å². The lowest BCUT2D eigenvalue weighted by molar-refractivity contribution is -0.137. The van der Waals surface area contributed by atoms with E-state index in [1.165, 1.54) is 30.0 Å². The van der Waals surface area contributed by atoms with E-state index in [1.807, 2.05) is 0 Å². The van der Waals surface area contributed by atoms with E-state index in [4.69, 9.17) is 22.4 Å². The van der Waals surface area contributed by atoms with Gasteiger partial charge in [-0.3, -0.25) is 4.79 Å². The zero-order chi connectivity index (χ0) is 14.4. The summed E-state index contributed by atoms with van der Waals surface area (Å²) < 4.78 is 28.7. The topological polar surface area (TPSA) is 72.5 Å². The van der Waals surface area contributed by atoms with E-state index < -0.39 is 18.6 Å². The molecule has 0 amide bonds. The van der Waals surface area contributed by atoms with Gasteiger partial charge in [-0.15, -0.1) is 0 Å². The van der Waals surface area contributed by atoms with Crippen LogP contribution in [0.25, 0.3) is 0 Å². The summed E-state index contributed by atoms with van der Waals surface area (Å²) in [6.07, 6.45) is 0. The number of carboxylic acid groups (broad SMARTS) is 1. The first-order chi connectivity index (χ1) is 8.90. The van der Waals surface area contributed by atoms with E-state index >= 15 is 0 Å². The maximum Gasteiger partial charge on any atom is 0.387 e. The Hall–Kier alpha value is -1.05. The molecule has 8 heteroatoms. The standard InChI is InChI=1S/C11H12ClF2NO3S/c12-7-1-2-9(18-11(13)14)6(3-7)4-19-5-8(15)10(16)17/h1-3,8,11H,4-5,15H2,(H,16,17)/t8-/m0/s1. The van der Waals surface area contributed by atoms with Crippen molar-refractivity contribution in [2.75, 3.05) is 5.75 Å². The van der Waals surface area contributed by atoms with E-state index in [0.717, 1.165) is 0 Å². The fraction of sp³-hybridized carbons (Fsp3) is 0.364. The number of hydrogen-bond donors (Lipinski definition) is 2. The summed E-state index contributed by atoms with van der Waals surface area (Å²) >= 11 is 6.98. The molecule has 0 saturated heterocycles. The minimum Gasteiger partial charge on any atom is -0.480 e. The van der Waals surface area contributed by atoms with Crippen LogP contribution in [0.3, 0.4) is 0 Å². The van der Waals surface area contributed by atoms with Gasteiger partial charge in [0.1, 0.15) is 11.8 Å². The SMILES string of the molecule is N[C@@H](CSCc1cc(Cl)ccc1OC(F)F)C(=O)O. The Morgan fingerprint density at radius 1 is 1.53 bits per heavy atom. The van der Waals surface area contributed by atoms with Crippen LogP contribution < -0.4 is 10.5 Å². The molecule has 1 aromatic rings. The highest BCUT2D eigenvalue weighted by molar-refractivity contribution is 7.98. The highest BCUT2D eigenvalue weighted by atomic mass is 35.5. The molecule has 1 rings (SSSR count). The predicted molar refractivity (Wildman–Crippen MR) is 69.9 cm³/mol. The number of benzene rings is 1. The van der Waals surface area contributed by atoms with Crippen molar-refractivity contribution in [1.82, 2.24) is 0 Å². The zero-order valence-corrected chi connectivity index (χ0v) is 11.3. The Bertz CT molecular complexity index is 448. The first kappa shape index (κ1) is 16.0. The molecule has 19 heavy (non-hydrogen) atoms. The van der Waals surface area contributed by atoms with Crippen molar-refractivity contribution < 1.29 is 23.4 Å². The maximum absolute atomic E-state index is 12.2. The summed E-state index contributed by atoms with van der Waals surface area (Å²) in [5.41, 5.74) is 5.80. The van der Waals surface area contributed by atoms with Crippen LogP contribution >= 0.6 is 23.4 Å². The summed E-state index contributed by atoms with van der Waals surface area (Å²) in [5, 5.41) is 9.00. The summed E-state index contributed by atoms with van der Waals surface area (Å²) in [6.45, 7) is -2.92. The molecule has 0 bridgehead atoms. The van der Waals surface area contributed by atoms with E-state index in [-0.39, 0.29) is 17.3 Å². The Balaban J connectivity index is 2.65. The van der Waals surface area contributed by atoms with E-state index in [2.05, 4.69) is 4.74 Å². The fourth-order valence-corrected chi connectivity index (χ4v) is 2.39. The van der Waals surface area contributed by atoms with Crippen LogP contribution in [0.5, 0.6) is 5.75 Å². The molecule has 0 unspecified atom stereocenters. The Kier molecular flexibility index (Phi) is 6.33. The van der Waals surface area contributed by atoms with Gasteiger partial charge in [-0.25, -0.2) is 0 Å². The molecule has 3 N–H and O–H groups in total. The number of carbonyl (C=O) groups is 1. The van der Waals surface area contributed by atoms with Gasteiger partial charge in [0.25, 0.3) is 0 Å². The third-order valence-electron chi connectivity index (χ3n) is 2.11. The quantitative estimate of drug-likeness (QED) is 0.809. The third-order valence-corrected chi connectivity index (χ3v) is 3.46. The van der Waals surface area contributed by atoms with Crippen LogP contribution in [0.4, 0.5) is 8.78 Å². The molecular weight excluding hydrogens is 300 g/mol. The van der Waals surface area contributed by atoms with Crippen molar-refractivity contribution in [3.63, 3.8) is 0 Å². The normalized spacial score (nSPS) is 12.5. The number of aliphatic carboxylic acids is 1. The Morgan fingerprint density at radius 3 is 2.79 bits per heavy atom. The summed E-state index contributed by atoms with van der Waals surface area (Å²) in [4.78, 5) is 10.5. The maximum atomic E-state index is 12.2. The summed E-state index contributed by atoms with van der Waals surface area (Å²) in [7, 11) is 0. The highest BCUT2D eigenvalue weighted by Crippen LogP contribution is 2.28. The molecule has 1 aromatic carbocycles. The average Bonchev–Trinajstić information content (AvgIpc) is 2.31. The van der Waals surface area contributed by atoms with Crippen molar-refractivity contribution in [3.05, 3.63) is 28.8 Å². The van der Waals surface area contributed by atoms with Crippen molar-refractivity contribution in [2.45, 2.75) is 18.4 Å². The monoisotopic (exact) mass is 311 g/mol. The number of alkyl halides is 2. The second-order valence-electron chi connectivity index (χ2n) is 3.59. The fourth-order valence-electron chi connectivity index (χ4n) is 1.24. The van der Waals surface area contributed by atoms with E-state index in [9.17, 15) is 13.6 Å². The number of thioether (sulfide) groups is 1. The number of hydrogen-bond acceptors (Lipinski definition) is 4. The second kappa shape index (κ2) is 7.52. The van der Waals surface area contributed by atoms with Crippen LogP contribution in [-0.2, 0) is 10.5 Å². The van der Waals surface area contributed by atoms with Gasteiger partial charge in [0.05, 0.1) is 0 Å². The van der Waals surface area contributed by atoms with Gasteiger partial charge in [0.2, 0.25) is 0 Å². The molecule has 0 fully saturated rings. The Morgan fingerprint density at radius 2 is 2.21 bits per heavy atom. The molecule has 0 heterocycles. The largest absolute Gasteiger partial charge is 0.480 e. The van der Waals surface area contributed by atoms with Gasteiger partial charge in [-0.05, 0) is 18.2 Å². The van der Waals surface area contributed by atoms with Crippen molar-refractivity contribution in [3.8, 4) is 5.75 Å². The van der Waals surface area contributed by atoms with Gasteiger partial charge in [0, 0.05) is 22.1 Å². The summed E-state index contributed by atoms with van der Waals surface area (Å²) in [6, 6.07) is 3.29. The minimum atomic E-state index is -2.92. The number of ether oxygens (including phenoxy) is 1. The average molecular weight is 312 g/mol. The number of halogens is 3. The van der Waals surface area contributed by atoms with Gasteiger partial charge in [0.15, 0.2) is 0 Å². The molecule has 0 aliphatic carbocycles. The molecule has 0 radical (unpaired) electrons. The first-order valence-electron chi connectivity index (χ1n) is 5.19. The van der Waals surface area contributed by atoms with Crippen LogP contribution in [0.2, 0.25) is 5.02 Å². The lowest BCUT2D eigenvalue weighted by Gasteiger charge is -2.11. The molecular formula is C11H12ClF2NO3S. The highest BCUT2D eigenvalue weighted by Gasteiger charge is 2.14. The molecule has 0 aliphatic heterocycles. The lowest BCUT2D eigenvalue weighted by Crippen LogP contribution is -2.32. The second-order valence-corrected chi connectivity index (χ2v) is 5.06. The van der Waals surface area contributed by atoms with Crippen LogP contribution in [0.15, 0.2) is 18.2 Å². The van der Waals surface area contributed by atoms with Crippen LogP contribution in [0, 0.1) is 0 Å². The van der Waals surface area contributed by atoms with Crippen molar-refractivity contribution in [2.24, 2.45) is 5.73 Å². The molecule has 0 saturated carbocycles. The molecule has 4 nitrogen and oxygen atoms in total. The van der Waals surface area contributed by atoms with Crippen molar-refractivity contribution in [1.29, 1.82) is 0 Å². The van der Waals surface area contributed by atoms with Crippen LogP contribution in [-0.4, -0.2) is 29.5 Å². The molecule has 0 spiro atoms.